The van der Waals surface area contributed by atoms with Crippen LogP contribution in [0, 0.1) is 0 Å². The van der Waals surface area contributed by atoms with Gasteiger partial charge in [-0.05, 0) is 30.3 Å². The average Bonchev–Trinajstić information content (AvgIpc) is 2.57. The Morgan fingerprint density at radius 2 is 1.77 bits per heavy atom. The second-order valence-corrected chi connectivity index (χ2v) is 4.95. The largest absolute Gasteiger partial charge is 0.364 e. The van der Waals surface area contributed by atoms with Crippen molar-refractivity contribution in [3.63, 3.8) is 0 Å². The molecular weight excluding hydrogens is 298 g/mol. The van der Waals surface area contributed by atoms with E-state index in [2.05, 4.69) is 25.6 Å². The van der Waals surface area contributed by atoms with E-state index in [0.29, 0.717) is 17.5 Å². The third-order valence-electron chi connectivity index (χ3n) is 2.95. The molecule has 0 amide bonds. The first kappa shape index (κ1) is 14.3. The SMILES string of the molecule is Clc1ccccc1Nc1nccc(NCc2ccccn2)n1. The molecule has 2 aromatic heterocycles. The van der Waals surface area contributed by atoms with Crippen LogP contribution < -0.4 is 10.6 Å². The lowest BCUT2D eigenvalue weighted by Gasteiger charge is -2.09. The Balaban J connectivity index is 1.69. The summed E-state index contributed by atoms with van der Waals surface area (Å²) >= 11 is 6.11. The predicted molar refractivity (Wildman–Crippen MR) is 88.3 cm³/mol. The smallest absolute Gasteiger partial charge is 0.229 e. The molecule has 0 saturated heterocycles. The van der Waals surface area contributed by atoms with E-state index in [1.165, 1.54) is 0 Å². The molecule has 0 unspecified atom stereocenters. The number of hydrogen-bond donors (Lipinski definition) is 2. The van der Waals surface area contributed by atoms with Crippen LogP contribution in [0.3, 0.4) is 0 Å². The summed E-state index contributed by atoms with van der Waals surface area (Å²) in [4.78, 5) is 12.9. The maximum absolute atomic E-state index is 6.11. The van der Waals surface area contributed by atoms with Gasteiger partial charge in [0.1, 0.15) is 5.82 Å². The van der Waals surface area contributed by atoms with Crippen LogP contribution in [-0.2, 0) is 6.54 Å². The fourth-order valence-electron chi connectivity index (χ4n) is 1.88. The van der Waals surface area contributed by atoms with Crippen LogP contribution in [-0.4, -0.2) is 15.0 Å². The second-order valence-electron chi connectivity index (χ2n) is 4.54. The third-order valence-corrected chi connectivity index (χ3v) is 3.28. The zero-order valence-corrected chi connectivity index (χ0v) is 12.5. The number of para-hydroxylation sites is 1. The molecule has 5 nitrogen and oxygen atoms in total. The van der Waals surface area contributed by atoms with Crippen molar-refractivity contribution in [1.29, 1.82) is 0 Å². The Morgan fingerprint density at radius 1 is 0.909 bits per heavy atom. The number of halogens is 1. The van der Waals surface area contributed by atoms with E-state index in [1.54, 1.807) is 18.5 Å². The molecule has 3 rings (SSSR count). The fraction of sp³-hybridized carbons (Fsp3) is 0.0625. The fourth-order valence-corrected chi connectivity index (χ4v) is 2.07. The standard InChI is InChI=1S/C16H14ClN5/c17-13-6-1-2-7-14(13)21-16-19-10-8-15(22-16)20-11-12-5-3-4-9-18-12/h1-10H,11H2,(H2,19,20,21,22). The van der Waals surface area contributed by atoms with Gasteiger partial charge in [-0.25, -0.2) is 4.98 Å². The van der Waals surface area contributed by atoms with E-state index >= 15 is 0 Å². The van der Waals surface area contributed by atoms with Gasteiger partial charge in [-0.2, -0.15) is 4.98 Å². The quantitative estimate of drug-likeness (QED) is 0.748. The van der Waals surface area contributed by atoms with Crippen molar-refractivity contribution in [2.75, 3.05) is 10.6 Å². The number of aromatic nitrogens is 3. The second kappa shape index (κ2) is 6.87. The minimum Gasteiger partial charge on any atom is -0.364 e. The van der Waals surface area contributed by atoms with E-state index in [0.717, 1.165) is 17.2 Å². The third kappa shape index (κ3) is 3.71. The van der Waals surface area contributed by atoms with Gasteiger partial charge in [0.25, 0.3) is 0 Å². The van der Waals surface area contributed by atoms with Crippen molar-refractivity contribution >= 4 is 29.1 Å². The van der Waals surface area contributed by atoms with Crippen LogP contribution >= 0.6 is 11.6 Å². The van der Waals surface area contributed by atoms with Crippen LogP contribution in [0.25, 0.3) is 0 Å². The van der Waals surface area contributed by atoms with Gasteiger partial charge in [-0.15, -0.1) is 0 Å². The molecule has 0 aliphatic rings. The molecule has 0 fully saturated rings. The van der Waals surface area contributed by atoms with E-state index in [9.17, 15) is 0 Å². The molecule has 0 saturated carbocycles. The molecule has 3 aromatic rings. The number of anilines is 3. The lowest BCUT2D eigenvalue weighted by molar-refractivity contribution is 1.02. The molecule has 110 valence electrons. The van der Waals surface area contributed by atoms with Crippen LogP contribution in [0.1, 0.15) is 5.69 Å². The highest BCUT2D eigenvalue weighted by molar-refractivity contribution is 6.33. The van der Waals surface area contributed by atoms with Gasteiger partial charge in [-0.3, -0.25) is 4.98 Å². The number of nitrogens with zero attached hydrogens (tertiary/aromatic N) is 3. The van der Waals surface area contributed by atoms with Crippen molar-refractivity contribution in [3.05, 3.63) is 71.6 Å². The van der Waals surface area contributed by atoms with Crippen molar-refractivity contribution in [1.82, 2.24) is 15.0 Å². The summed E-state index contributed by atoms with van der Waals surface area (Å²) in [6.45, 7) is 0.601. The summed E-state index contributed by atoms with van der Waals surface area (Å²) in [5.74, 6) is 1.20. The zero-order chi connectivity index (χ0) is 15.2. The van der Waals surface area contributed by atoms with Crippen LogP contribution in [0.4, 0.5) is 17.5 Å². The number of pyridine rings is 1. The minimum atomic E-state index is 0.485. The van der Waals surface area contributed by atoms with Gasteiger partial charge in [0, 0.05) is 12.4 Å². The van der Waals surface area contributed by atoms with E-state index in [4.69, 9.17) is 11.6 Å². The lowest BCUT2D eigenvalue weighted by Crippen LogP contribution is -2.05. The monoisotopic (exact) mass is 311 g/mol. The summed E-state index contributed by atoms with van der Waals surface area (Å²) in [6.07, 6.45) is 3.45. The molecule has 0 aliphatic heterocycles. The number of hydrogen-bond acceptors (Lipinski definition) is 5. The van der Waals surface area contributed by atoms with E-state index in [1.807, 2.05) is 42.5 Å². The first-order chi connectivity index (χ1) is 10.8. The molecule has 0 atom stereocenters. The molecule has 6 heteroatoms. The van der Waals surface area contributed by atoms with Gasteiger partial charge in [0.15, 0.2) is 0 Å². The van der Waals surface area contributed by atoms with Crippen LogP contribution in [0.15, 0.2) is 60.9 Å². The zero-order valence-electron chi connectivity index (χ0n) is 11.7. The predicted octanol–water partition coefficient (Wildman–Crippen LogP) is 3.88. The topological polar surface area (TPSA) is 62.7 Å². The lowest BCUT2D eigenvalue weighted by atomic mass is 10.3. The summed E-state index contributed by atoms with van der Waals surface area (Å²) < 4.78 is 0. The Labute approximate surface area is 133 Å². The van der Waals surface area contributed by atoms with Gasteiger partial charge in [-0.1, -0.05) is 29.8 Å². The molecule has 1 aromatic carbocycles. The molecule has 22 heavy (non-hydrogen) atoms. The highest BCUT2D eigenvalue weighted by Gasteiger charge is 2.03. The Morgan fingerprint density at radius 3 is 2.59 bits per heavy atom. The minimum absolute atomic E-state index is 0.485. The Bertz CT molecular complexity index is 748. The van der Waals surface area contributed by atoms with Gasteiger partial charge >= 0.3 is 0 Å². The van der Waals surface area contributed by atoms with Crippen LogP contribution in [0.5, 0.6) is 0 Å². The number of benzene rings is 1. The Kier molecular flexibility index (Phi) is 4.46. The first-order valence-electron chi connectivity index (χ1n) is 6.79. The normalized spacial score (nSPS) is 10.2. The van der Waals surface area contributed by atoms with Crippen molar-refractivity contribution in [2.45, 2.75) is 6.54 Å². The first-order valence-corrected chi connectivity index (χ1v) is 7.17. The molecule has 0 spiro atoms. The number of rotatable bonds is 5. The van der Waals surface area contributed by atoms with Gasteiger partial charge in [0.2, 0.25) is 5.95 Å². The molecule has 2 heterocycles. The number of nitrogens with one attached hydrogen (secondary N) is 2. The Hall–Kier alpha value is -2.66. The maximum Gasteiger partial charge on any atom is 0.229 e. The van der Waals surface area contributed by atoms with Crippen molar-refractivity contribution in [3.8, 4) is 0 Å². The summed E-state index contributed by atoms with van der Waals surface area (Å²) in [6, 6.07) is 15.1. The molecule has 2 N–H and O–H groups in total. The summed E-state index contributed by atoms with van der Waals surface area (Å²) in [5, 5.41) is 6.94. The van der Waals surface area contributed by atoms with Gasteiger partial charge < -0.3 is 10.6 Å². The molecule has 0 aliphatic carbocycles. The van der Waals surface area contributed by atoms with Crippen LogP contribution in [0.2, 0.25) is 5.02 Å². The highest BCUT2D eigenvalue weighted by Crippen LogP contribution is 2.23. The van der Waals surface area contributed by atoms with Crippen molar-refractivity contribution < 1.29 is 0 Å². The van der Waals surface area contributed by atoms with Crippen molar-refractivity contribution in [2.24, 2.45) is 0 Å². The molecule has 0 radical (unpaired) electrons. The molecule has 0 bridgehead atoms. The average molecular weight is 312 g/mol. The summed E-state index contributed by atoms with van der Waals surface area (Å²) in [5.41, 5.74) is 1.72. The van der Waals surface area contributed by atoms with Gasteiger partial charge in [0.05, 0.1) is 22.9 Å². The maximum atomic E-state index is 6.11. The van der Waals surface area contributed by atoms with E-state index in [-0.39, 0.29) is 0 Å². The molecular formula is C16H14ClN5. The highest BCUT2D eigenvalue weighted by atomic mass is 35.5. The van der Waals surface area contributed by atoms with E-state index < -0.39 is 0 Å². The summed E-state index contributed by atoms with van der Waals surface area (Å²) in [7, 11) is 0.